The quantitative estimate of drug-likeness (QED) is 0.806. The molecule has 0 spiro atoms. The number of hydrogen-bond acceptors (Lipinski definition) is 4. The number of Topliss-reactive ketones (excluding diaryl/α,β-unsaturated/α-hetero) is 1. The molecule has 0 radical (unpaired) electrons. The Balaban J connectivity index is 1.65. The van der Waals surface area contributed by atoms with Crippen LogP contribution >= 0.6 is 11.8 Å². The molecule has 0 fully saturated rings. The van der Waals surface area contributed by atoms with Crippen molar-refractivity contribution in [2.24, 2.45) is 4.99 Å². The van der Waals surface area contributed by atoms with E-state index in [1.54, 1.807) is 0 Å². The molecular formula is C16H13NO2S. The highest BCUT2D eigenvalue weighted by Gasteiger charge is 2.14. The second-order valence-corrected chi connectivity index (χ2v) is 5.39. The number of carbonyl (C=O) groups excluding carboxylic acids is 1. The molecule has 0 atom stereocenters. The molecular weight excluding hydrogens is 270 g/mol. The molecule has 4 heteroatoms. The topological polar surface area (TPSA) is 38.7 Å². The van der Waals surface area contributed by atoms with Crippen molar-refractivity contribution in [3.8, 4) is 5.75 Å². The molecule has 3 rings (SSSR count). The number of benzene rings is 2. The highest BCUT2D eigenvalue weighted by molar-refractivity contribution is 8.14. The summed E-state index contributed by atoms with van der Waals surface area (Å²) >= 11 is 1.44. The highest BCUT2D eigenvalue weighted by atomic mass is 32.2. The van der Waals surface area contributed by atoms with Gasteiger partial charge in [0.25, 0.3) is 0 Å². The average Bonchev–Trinajstić information content (AvgIpc) is 2.53. The molecule has 2 aromatic carbocycles. The summed E-state index contributed by atoms with van der Waals surface area (Å²) in [6, 6.07) is 17.0. The number of ketones is 1. The predicted octanol–water partition coefficient (Wildman–Crippen LogP) is 3.73. The van der Waals surface area contributed by atoms with Gasteiger partial charge in [0, 0.05) is 5.56 Å². The van der Waals surface area contributed by atoms with Crippen LogP contribution in [0.4, 0.5) is 5.69 Å². The lowest BCUT2D eigenvalue weighted by Gasteiger charge is -2.15. The van der Waals surface area contributed by atoms with E-state index in [1.165, 1.54) is 11.8 Å². The molecule has 1 heterocycles. The first-order chi connectivity index (χ1) is 9.83. The average molecular weight is 283 g/mol. The fourth-order valence-corrected chi connectivity index (χ4v) is 2.68. The Morgan fingerprint density at radius 3 is 2.70 bits per heavy atom. The molecule has 3 nitrogen and oxygen atoms in total. The van der Waals surface area contributed by atoms with Crippen molar-refractivity contribution in [3.63, 3.8) is 0 Å². The normalized spacial score (nSPS) is 13.1. The van der Waals surface area contributed by atoms with Crippen molar-refractivity contribution in [1.29, 1.82) is 0 Å². The fourth-order valence-electron chi connectivity index (χ4n) is 1.91. The first kappa shape index (κ1) is 12.9. The maximum absolute atomic E-state index is 12.0. The number of fused-ring (bicyclic) bond motifs is 1. The predicted molar refractivity (Wildman–Crippen MR) is 82.3 cm³/mol. The maximum atomic E-state index is 12.0. The lowest BCUT2D eigenvalue weighted by atomic mass is 10.2. The van der Waals surface area contributed by atoms with Crippen molar-refractivity contribution < 1.29 is 9.53 Å². The Labute approximate surface area is 121 Å². The fraction of sp³-hybridized carbons (Fsp3) is 0.125. The van der Waals surface area contributed by atoms with Crippen LogP contribution in [-0.2, 0) is 0 Å². The molecule has 100 valence electrons. The molecule has 0 saturated carbocycles. The zero-order valence-electron chi connectivity index (χ0n) is 10.8. The van der Waals surface area contributed by atoms with Gasteiger partial charge in [-0.15, -0.1) is 0 Å². The molecule has 0 amide bonds. The van der Waals surface area contributed by atoms with Gasteiger partial charge in [-0.1, -0.05) is 54.2 Å². The van der Waals surface area contributed by atoms with Crippen LogP contribution in [0, 0.1) is 0 Å². The molecule has 0 unspecified atom stereocenters. The summed E-state index contributed by atoms with van der Waals surface area (Å²) in [4.78, 5) is 16.5. The van der Waals surface area contributed by atoms with Crippen molar-refractivity contribution in [2.75, 3.05) is 12.4 Å². The van der Waals surface area contributed by atoms with E-state index in [1.807, 2.05) is 54.6 Å². The minimum Gasteiger partial charge on any atom is -0.484 e. The standard InChI is InChI=1S/C16H13NO2S/c18-14(12-6-2-1-3-7-12)11-20-16-10-19-15-9-5-4-8-13(15)17-16/h1-9H,10-11H2. The third-order valence-corrected chi connectivity index (χ3v) is 3.88. The van der Waals surface area contributed by atoms with E-state index < -0.39 is 0 Å². The zero-order chi connectivity index (χ0) is 13.8. The Morgan fingerprint density at radius 1 is 1.10 bits per heavy atom. The number of thioether (sulfide) groups is 1. The molecule has 2 aromatic rings. The molecule has 20 heavy (non-hydrogen) atoms. The molecule has 0 N–H and O–H groups in total. The lowest BCUT2D eigenvalue weighted by Crippen LogP contribution is -2.14. The first-order valence-corrected chi connectivity index (χ1v) is 7.32. The van der Waals surface area contributed by atoms with Crippen LogP contribution in [-0.4, -0.2) is 23.2 Å². The van der Waals surface area contributed by atoms with Crippen LogP contribution in [0.2, 0.25) is 0 Å². The summed E-state index contributed by atoms with van der Waals surface area (Å²) < 4.78 is 5.61. The largest absolute Gasteiger partial charge is 0.484 e. The van der Waals surface area contributed by atoms with Gasteiger partial charge >= 0.3 is 0 Å². The lowest BCUT2D eigenvalue weighted by molar-refractivity contribution is 0.102. The van der Waals surface area contributed by atoms with Gasteiger partial charge in [0.15, 0.2) is 5.78 Å². The summed E-state index contributed by atoms with van der Waals surface area (Å²) in [6.45, 7) is 0.434. The highest BCUT2D eigenvalue weighted by Crippen LogP contribution is 2.31. The van der Waals surface area contributed by atoms with Gasteiger partial charge in [-0.2, -0.15) is 0 Å². The van der Waals surface area contributed by atoms with E-state index in [9.17, 15) is 4.79 Å². The second-order valence-electron chi connectivity index (χ2n) is 4.34. The number of para-hydroxylation sites is 2. The Morgan fingerprint density at radius 2 is 1.85 bits per heavy atom. The van der Waals surface area contributed by atoms with E-state index in [0.29, 0.717) is 12.4 Å². The maximum Gasteiger partial charge on any atom is 0.173 e. The molecule has 0 aliphatic carbocycles. The number of hydrogen-bond donors (Lipinski definition) is 0. The van der Waals surface area contributed by atoms with Crippen LogP contribution in [0.25, 0.3) is 0 Å². The van der Waals surface area contributed by atoms with Crippen molar-refractivity contribution in [3.05, 3.63) is 60.2 Å². The van der Waals surface area contributed by atoms with Crippen LogP contribution in [0.1, 0.15) is 10.4 Å². The van der Waals surface area contributed by atoms with E-state index in [0.717, 1.165) is 22.0 Å². The summed E-state index contributed by atoms with van der Waals surface area (Å²) in [5.41, 5.74) is 1.56. The van der Waals surface area contributed by atoms with E-state index in [-0.39, 0.29) is 5.78 Å². The van der Waals surface area contributed by atoms with E-state index in [2.05, 4.69) is 4.99 Å². The van der Waals surface area contributed by atoms with E-state index >= 15 is 0 Å². The number of rotatable bonds is 3. The number of aliphatic imine (C=N–C) groups is 1. The SMILES string of the molecule is O=C(CSC1=Nc2ccccc2OC1)c1ccccc1. The van der Waals surface area contributed by atoms with Crippen molar-refractivity contribution >= 4 is 28.3 Å². The Kier molecular flexibility index (Phi) is 3.83. The molecule has 1 aliphatic heterocycles. The van der Waals surface area contributed by atoms with Gasteiger partial charge in [0.05, 0.1) is 5.75 Å². The van der Waals surface area contributed by atoms with Gasteiger partial charge < -0.3 is 4.74 Å². The van der Waals surface area contributed by atoms with Gasteiger partial charge in [-0.3, -0.25) is 4.79 Å². The van der Waals surface area contributed by atoms with Crippen LogP contribution < -0.4 is 4.74 Å². The van der Waals surface area contributed by atoms with Crippen molar-refractivity contribution in [1.82, 2.24) is 0 Å². The third-order valence-electron chi connectivity index (χ3n) is 2.93. The first-order valence-electron chi connectivity index (χ1n) is 6.33. The third kappa shape index (κ3) is 2.91. The van der Waals surface area contributed by atoms with Gasteiger partial charge in [0.1, 0.15) is 23.1 Å². The Bertz CT molecular complexity index is 653. The molecule has 1 aliphatic rings. The molecule has 0 aromatic heterocycles. The molecule has 0 bridgehead atoms. The zero-order valence-corrected chi connectivity index (χ0v) is 11.6. The van der Waals surface area contributed by atoms with Crippen LogP contribution in [0.3, 0.4) is 0 Å². The number of ether oxygens (including phenoxy) is 1. The summed E-state index contributed by atoms with van der Waals surface area (Å²) in [5.74, 6) is 1.29. The van der Waals surface area contributed by atoms with Gasteiger partial charge in [0.2, 0.25) is 0 Å². The summed E-state index contributed by atoms with van der Waals surface area (Å²) in [7, 11) is 0. The smallest absolute Gasteiger partial charge is 0.173 e. The van der Waals surface area contributed by atoms with E-state index in [4.69, 9.17) is 4.74 Å². The minimum absolute atomic E-state index is 0.108. The summed E-state index contributed by atoms with van der Waals surface area (Å²) in [5, 5.41) is 0.841. The summed E-state index contributed by atoms with van der Waals surface area (Å²) in [6.07, 6.45) is 0. The van der Waals surface area contributed by atoms with Crippen molar-refractivity contribution in [2.45, 2.75) is 0 Å². The number of nitrogens with zero attached hydrogens (tertiary/aromatic N) is 1. The van der Waals surface area contributed by atoms with Crippen LogP contribution in [0.5, 0.6) is 5.75 Å². The van der Waals surface area contributed by atoms with Gasteiger partial charge in [-0.25, -0.2) is 4.99 Å². The monoisotopic (exact) mass is 283 g/mol. The Hall–Kier alpha value is -2.07. The molecule has 0 saturated heterocycles. The second kappa shape index (κ2) is 5.92. The van der Waals surface area contributed by atoms with Gasteiger partial charge in [-0.05, 0) is 12.1 Å². The van der Waals surface area contributed by atoms with Crippen LogP contribution in [0.15, 0.2) is 59.6 Å². The number of carbonyl (C=O) groups is 1. The minimum atomic E-state index is 0.108.